The number of aliphatic hydroxyl groups excluding tert-OH is 1. The van der Waals surface area contributed by atoms with Crippen molar-refractivity contribution in [3.8, 4) is 0 Å². The van der Waals surface area contributed by atoms with E-state index in [4.69, 9.17) is 5.11 Å². The van der Waals surface area contributed by atoms with Gasteiger partial charge in [-0.25, -0.2) is 8.78 Å². The number of hydrogen-bond donors (Lipinski definition) is 1. The molecule has 0 saturated carbocycles. The van der Waals surface area contributed by atoms with E-state index in [1.54, 1.807) is 18.9 Å². The summed E-state index contributed by atoms with van der Waals surface area (Å²) in [6, 6.07) is 2.69. The first kappa shape index (κ1) is 14.7. The third kappa shape index (κ3) is 3.58. The number of hydrogen-bond acceptors (Lipinski definition) is 3. The molecular formula is C13H17F2NO2. The van der Waals surface area contributed by atoms with Crippen molar-refractivity contribution >= 4 is 5.78 Å². The highest BCUT2D eigenvalue weighted by Crippen LogP contribution is 2.12. The summed E-state index contributed by atoms with van der Waals surface area (Å²) in [5.41, 5.74) is 0.150. The van der Waals surface area contributed by atoms with Gasteiger partial charge in [0.05, 0.1) is 6.04 Å². The SMILES string of the molecule is CC(C(=O)c1ccc(F)c(F)c1)N(C)CCCO. The van der Waals surface area contributed by atoms with Crippen molar-refractivity contribution in [1.82, 2.24) is 4.90 Å². The smallest absolute Gasteiger partial charge is 0.179 e. The van der Waals surface area contributed by atoms with Gasteiger partial charge in [0.15, 0.2) is 17.4 Å². The predicted octanol–water partition coefficient (Wildman–Crippen LogP) is 1.85. The second-order valence-corrected chi connectivity index (χ2v) is 4.23. The van der Waals surface area contributed by atoms with Gasteiger partial charge in [-0.15, -0.1) is 0 Å². The van der Waals surface area contributed by atoms with Crippen LogP contribution in [0.4, 0.5) is 8.78 Å². The Balaban J connectivity index is 2.76. The molecule has 0 radical (unpaired) electrons. The first-order chi connectivity index (χ1) is 8.47. The minimum atomic E-state index is -1.02. The number of rotatable bonds is 6. The van der Waals surface area contributed by atoms with Crippen LogP contribution in [0, 0.1) is 11.6 Å². The zero-order valence-corrected chi connectivity index (χ0v) is 10.5. The summed E-state index contributed by atoms with van der Waals surface area (Å²) in [6.07, 6.45) is 0.561. The van der Waals surface area contributed by atoms with Crippen LogP contribution in [-0.4, -0.2) is 42.0 Å². The van der Waals surface area contributed by atoms with E-state index in [1.807, 2.05) is 0 Å². The van der Waals surface area contributed by atoms with Gasteiger partial charge in [0.25, 0.3) is 0 Å². The second kappa shape index (κ2) is 6.56. The molecule has 1 aromatic carbocycles. The van der Waals surface area contributed by atoms with Crippen LogP contribution in [0.25, 0.3) is 0 Å². The van der Waals surface area contributed by atoms with Crippen molar-refractivity contribution in [3.63, 3.8) is 0 Å². The summed E-state index contributed by atoms with van der Waals surface area (Å²) in [7, 11) is 1.75. The van der Waals surface area contributed by atoms with Crippen molar-refractivity contribution < 1.29 is 18.7 Å². The van der Waals surface area contributed by atoms with E-state index in [2.05, 4.69) is 0 Å². The van der Waals surface area contributed by atoms with Gasteiger partial charge in [-0.1, -0.05) is 0 Å². The topological polar surface area (TPSA) is 40.5 Å². The number of carbonyl (C=O) groups is 1. The first-order valence-corrected chi connectivity index (χ1v) is 5.77. The fourth-order valence-electron chi connectivity index (χ4n) is 1.60. The Morgan fingerprint density at radius 2 is 2.06 bits per heavy atom. The van der Waals surface area contributed by atoms with Crippen LogP contribution < -0.4 is 0 Å². The maximum atomic E-state index is 13.0. The maximum Gasteiger partial charge on any atom is 0.179 e. The van der Waals surface area contributed by atoms with Crippen LogP contribution in [0.15, 0.2) is 18.2 Å². The van der Waals surface area contributed by atoms with Crippen LogP contribution in [-0.2, 0) is 0 Å². The molecule has 5 heteroatoms. The van der Waals surface area contributed by atoms with Gasteiger partial charge in [-0.05, 0) is 38.6 Å². The van der Waals surface area contributed by atoms with Gasteiger partial charge >= 0.3 is 0 Å². The molecule has 0 bridgehead atoms. The molecule has 0 aliphatic heterocycles. The summed E-state index contributed by atoms with van der Waals surface area (Å²) >= 11 is 0. The van der Waals surface area contributed by atoms with Crippen LogP contribution in [0.5, 0.6) is 0 Å². The lowest BCUT2D eigenvalue weighted by Crippen LogP contribution is -2.37. The fraction of sp³-hybridized carbons (Fsp3) is 0.462. The Morgan fingerprint density at radius 1 is 1.39 bits per heavy atom. The van der Waals surface area contributed by atoms with E-state index >= 15 is 0 Å². The van der Waals surface area contributed by atoms with Crippen molar-refractivity contribution in [2.45, 2.75) is 19.4 Å². The summed E-state index contributed by atoms with van der Waals surface area (Å²) in [6.45, 7) is 2.31. The number of benzene rings is 1. The molecule has 0 fully saturated rings. The standard InChI is InChI=1S/C13H17F2NO2/c1-9(16(2)6-3-7-17)13(18)10-4-5-11(14)12(15)8-10/h4-5,8-9,17H,3,6-7H2,1-2H3. The van der Waals surface area contributed by atoms with Gasteiger partial charge in [-0.2, -0.15) is 0 Å². The molecular weight excluding hydrogens is 240 g/mol. The Kier molecular flexibility index (Phi) is 5.37. The van der Waals surface area contributed by atoms with E-state index in [-0.39, 0.29) is 18.0 Å². The van der Waals surface area contributed by atoms with Crippen LogP contribution in [0.2, 0.25) is 0 Å². The molecule has 18 heavy (non-hydrogen) atoms. The summed E-state index contributed by atoms with van der Waals surface area (Å²) in [5, 5.41) is 8.72. The molecule has 0 aliphatic rings. The lowest BCUT2D eigenvalue weighted by molar-refractivity contribution is 0.0860. The largest absolute Gasteiger partial charge is 0.396 e. The maximum absolute atomic E-state index is 13.0. The molecule has 0 saturated heterocycles. The lowest BCUT2D eigenvalue weighted by Gasteiger charge is -2.23. The highest BCUT2D eigenvalue weighted by atomic mass is 19.2. The molecule has 1 aromatic rings. The van der Waals surface area contributed by atoms with Gasteiger partial charge in [0, 0.05) is 18.7 Å². The minimum absolute atomic E-state index is 0.0520. The normalized spacial score (nSPS) is 12.8. The van der Waals surface area contributed by atoms with E-state index in [9.17, 15) is 13.6 Å². The minimum Gasteiger partial charge on any atom is -0.396 e. The number of nitrogens with zero attached hydrogens (tertiary/aromatic N) is 1. The molecule has 0 amide bonds. The van der Waals surface area contributed by atoms with E-state index in [0.717, 1.165) is 12.1 Å². The van der Waals surface area contributed by atoms with Gasteiger partial charge in [-0.3, -0.25) is 9.69 Å². The Hall–Kier alpha value is -1.33. The molecule has 100 valence electrons. The summed E-state index contributed by atoms with van der Waals surface area (Å²) in [4.78, 5) is 13.8. The molecule has 1 unspecified atom stereocenters. The fourth-order valence-corrected chi connectivity index (χ4v) is 1.60. The van der Waals surface area contributed by atoms with Crippen molar-refractivity contribution in [2.24, 2.45) is 0 Å². The second-order valence-electron chi connectivity index (χ2n) is 4.23. The van der Waals surface area contributed by atoms with Gasteiger partial charge in [0.1, 0.15) is 0 Å². The number of halogens is 2. The lowest BCUT2D eigenvalue weighted by atomic mass is 10.0. The summed E-state index contributed by atoms with van der Waals surface area (Å²) in [5.74, 6) is -2.26. The third-order valence-corrected chi connectivity index (χ3v) is 2.91. The van der Waals surface area contributed by atoms with Gasteiger partial charge in [0.2, 0.25) is 0 Å². The Bertz CT molecular complexity index is 423. The molecule has 3 nitrogen and oxygen atoms in total. The number of carbonyl (C=O) groups excluding carboxylic acids is 1. The van der Waals surface area contributed by atoms with E-state index in [0.29, 0.717) is 13.0 Å². The van der Waals surface area contributed by atoms with Crippen molar-refractivity contribution in [1.29, 1.82) is 0 Å². The number of likely N-dealkylation sites (N-methyl/N-ethyl adjacent to an activating group) is 1. The molecule has 0 aliphatic carbocycles. The van der Waals surface area contributed by atoms with Crippen LogP contribution >= 0.6 is 0 Å². The van der Waals surface area contributed by atoms with E-state index in [1.165, 1.54) is 6.07 Å². The molecule has 0 aromatic heterocycles. The molecule has 1 atom stereocenters. The predicted molar refractivity (Wildman–Crippen MR) is 64.5 cm³/mol. The van der Waals surface area contributed by atoms with Crippen molar-refractivity contribution in [3.05, 3.63) is 35.4 Å². The third-order valence-electron chi connectivity index (χ3n) is 2.91. The van der Waals surface area contributed by atoms with Crippen molar-refractivity contribution in [2.75, 3.05) is 20.2 Å². The average molecular weight is 257 g/mol. The molecule has 1 N–H and O–H groups in total. The molecule has 0 spiro atoms. The molecule has 1 rings (SSSR count). The number of ketones is 1. The monoisotopic (exact) mass is 257 g/mol. The van der Waals surface area contributed by atoms with Crippen LogP contribution in [0.1, 0.15) is 23.7 Å². The number of Topliss-reactive ketones (excluding diaryl/α,β-unsaturated/α-hetero) is 1. The number of aliphatic hydroxyl groups is 1. The Morgan fingerprint density at radius 3 is 2.61 bits per heavy atom. The zero-order valence-electron chi connectivity index (χ0n) is 10.5. The van der Waals surface area contributed by atoms with Crippen LogP contribution in [0.3, 0.4) is 0 Å². The highest BCUT2D eigenvalue weighted by Gasteiger charge is 2.20. The summed E-state index contributed by atoms with van der Waals surface area (Å²) < 4.78 is 25.8. The average Bonchev–Trinajstić information content (AvgIpc) is 2.37. The van der Waals surface area contributed by atoms with E-state index < -0.39 is 17.7 Å². The Labute approximate surface area is 105 Å². The zero-order chi connectivity index (χ0) is 13.7. The molecule has 0 heterocycles. The van der Waals surface area contributed by atoms with Gasteiger partial charge < -0.3 is 5.11 Å². The highest BCUT2D eigenvalue weighted by molar-refractivity contribution is 5.99. The first-order valence-electron chi connectivity index (χ1n) is 5.77. The quantitative estimate of drug-likeness (QED) is 0.791.